The quantitative estimate of drug-likeness (QED) is 0.735. The van der Waals surface area contributed by atoms with Crippen LogP contribution in [0.4, 0.5) is 14.5 Å². The van der Waals surface area contributed by atoms with Crippen molar-refractivity contribution in [3.63, 3.8) is 0 Å². The second kappa shape index (κ2) is 4.93. The highest BCUT2D eigenvalue weighted by Gasteiger charge is 2.17. The van der Waals surface area contributed by atoms with Gasteiger partial charge in [-0.15, -0.1) is 5.10 Å². The average Bonchev–Trinajstić information content (AvgIpc) is 2.92. The molecule has 0 saturated carbocycles. The van der Waals surface area contributed by atoms with Crippen LogP contribution in [0.15, 0.2) is 36.4 Å². The third-order valence-electron chi connectivity index (χ3n) is 3.04. The Kier molecular flexibility index (Phi) is 3.09. The molecule has 2 N–H and O–H groups in total. The van der Waals surface area contributed by atoms with E-state index in [-0.39, 0.29) is 11.4 Å². The second-order valence-electron chi connectivity index (χ2n) is 4.59. The van der Waals surface area contributed by atoms with Gasteiger partial charge in [-0.25, -0.2) is 8.78 Å². The summed E-state index contributed by atoms with van der Waals surface area (Å²) in [4.78, 5) is 0. The van der Waals surface area contributed by atoms with Crippen molar-refractivity contribution in [2.45, 2.75) is 6.92 Å². The molecule has 21 heavy (non-hydrogen) atoms. The zero-order valence-corrected chi connectivity index (χ0v) is 11.1. The molecule has 0 radical (unpaired) electrons. The van der Waals surface area contributed by atoms with Gasteiger partial charge in [0.1, 0.15) is 11.6 Å². The van der Waals surface area contributed by atoms with Gasteiger partial charge in [0.2, 0.25) is 0 Å². The van der Waals surface area contributed by atoms with Crippen LogP contribution in [0.3, 0.4) is 0 Å². The Bertz CT molecular complexity index is 813. The topological polar surface area (TPSA) is 69.6 Å². The minimum atomic E-state index is -0.461. The van der Waals surface area contributed by atoms with Crippen LogP contribution in [0.2, 0.25) is 0 Å². The number of tetrazole rings is 1. The number of rotatable bonds is 2. The molecular weight excluding hydrogens is 276 g/mol. The van der Waals surface area contributed by atoms with Crippen molar-refractivity contribution < 1.29 is 8.78 Å². The average molecular weight is 287 g/mol. The molecule has 0 spiro atoms. The first-order valence-corrected chi connectivity index (χ1v) is 6.16. The molecule has 0 aliphatic rings. The lowest BCUT2D eigenvalue weighted by atomic mass is 10.1. The molecule has 7 heteroatoms. The summed E-state index contributed by atoms with van der Waals surface area (Å²) >= 11 is 0. The van der Waals surface area contributed by atoms with Crippen molar-refractivity contribution in [1.82, 2.24) is 20.2 Å². The molecule has 106 valence electrons. The van der Waals surface area contributed by atoms with Crippen LogP contribution in [-0.4, -0.2) is 20.2 Å². The van der Waals surface area contributed by atoms with Crippen LogP contribution in [0, 0.1) is 18.6 Å². The maximum absolute atomic E-state index is 14.3. The normalized spacial score (nSPS) is 10.8. The van der Waals surface area contributed by atoms with Crippen LogP contribution < -0.4 is 5.73 Å². The molecule has 0 atom stereocenters. The van der Waals surface area contributed by atoms with E-state index in [1.54, 1.807) is 13.0 Å². The summed E-state index contributed by atoms with van der Waals surface area (Å²) in [7, 11) is 0. The Morgan fingerprint density at radius 3 is 2.71 bits per heavy atom. The third kappa shape index (κ3) is 2.33. The highest BCUT2D eigenvalue weighted by molar-refractivity contribution is 5.65. The van der Waals surface area contributed by atoms with Gasteiger partial charge in [-0.1, -0.05) is 6.07 Å². The van der Waals surface area contributed by atoms with E-state index in [4.69, 9.17) is 5.73 Å². The van der Waals surface area contributed by atoms with E-state index in [1.807, 2.05) is 0 Å². The second-order valence-corrected chi connectivity index (χ2v) is 4.59. The van der Waals surface area contributed by atoms with Gasteiger partial charge in [-0.2, -0.15) is 4.68 Å². The maximum Gasteiger partial charge on any atom is 0.190 e. The first kappa shape index (κ1) is 13.2. The number of anilines is 1. The molecule has 3 aromatic rings. The lowest BCUT2D eigenvalue weighted by molar-refractivity contribution is 0.619. The van der Waals surface area contributed by atoms with E-state index in [2.05, 4.69) is 15.5 Å². The van der Waals surface area contributed by atoms with E-state index in [0.717, 1.165) is 0 Å². The monoisotopic (exact) mass is 287 g/mol. The molecular formula is C14H11F2N5. The lowest BCUT2D eigenvalue weighted by Crippen LogP contribution is -2.03. The maximum atomic E-state index is 14.3. The van der Waals surface area contributed by atoms with Crippen LogP contribution in [0.5, 0.6) is 0 Å². The number of aryl methyl sites for hydroxylation is 1. The smallest absolute Gasteiger partial charge is 0.190 e. The Labute approximate surface area is 119 Å². The summed E-state index contributed by atoms with van der Waals surface area (Å²) in [5, 5.41) is 11.1. The summed E-state index contributed by atoms with van der Waals surface area (Å²) < 4.78 is 28.9. The van der Waals surface area contributed by atoms with Gasteiger partial charge < -0.3 is 5.73 Å². The molecule has 2 aromatic carbocycles. The van der Waals surface area contributed by atoms with Crippen molar-refractivity contribution in [1.29, 1.82) is 0 Å². The molecule has 1 heterocycles. The first-order valence-electron chi connectivity index (χ1n) is 6.16. The number of hydrogen-bond acceptors (Lipinski definition) is 4. The van der Waals surface area contributed by atoms with Crippen LogP contribution in [0.25, 0.3) is 17.1 Å². The Hall–Kier alpha value is -2.83. The summed E-state index contributed by atoms with van der Waals surface area (Å²) in [5.74, 6) is -0.733. The number of aromatic nitrogens is 4. The van der Waals surface area contributed by atoms with Gasteiger partial charge in [0.25, 0.3) is 0 Å². The summed E-state index contributed by atoms with van der Waals surface area (Å²) in [6, 6.07) is 8.69. The SMILES string of the molecule is Cc1cc(N)cc(-c2nnnn2-c2cccc(F)c2)c1F. The van der Waals surface area contributed by atoms with Crippen molar-refractivity contribution in [2.75, 3.05) is 5.73 Å². The molecule has 0 bridgehead atoms. The van der Waals surface area contributed by atoms with Gasteiger partial charge in [0.05, 0.1) is 11.3 Å². The van der Waals surface area contributed by atoms with E-state index < -0.39 is 11.6 Å². The molecule has 0 aliphatic carbocycles. The zero-order chi connectivity index (χ0) is 15.0. The first-order chi connectivity index (χ1) is 10.1. The van der Waals surface area contributed by atoms with E-state index in [9.17, 15) is 8.78 Å². The molecule has 0 saturated heterocycles. The van der Waals surface area contributed by atoms with Gasteiger partial charge in [-0.05, 0) is 53.2 Å². The lowest BCUT2D eigenvalue weighted by Gasteiger charge is -2.08. The van der Waals surface area contributed by atoms with Crippen LogP contribution in [-0.2, 0) is 0 Å². The Balaban J connectivity index is 2.20. The summed E-state index contributed by atoms with van der Waals surface area (Å²) in [5.41, 5.74) is 7.10. The van der Waals surface area contributed by atoms with Crippen LogP contribution >= 0.6 is 0 Å². The fraction of sp³-hybridized carbons (Fsp3) is 0.0714. The van der Waals surface area contributed by atoms with Gasteiger partial charge in [0, 0.05) is 5.69 Å². The molecule has 0 fully saturated rings. The third-order valence-corrected chi connectivity index (χ3v) is 3.04. The minimum absolute atomic E-state index is 0.161. The van der Waals surface area contributed by atoms with Gasteiger partial charge in [-0.3, -0.25) is 0 Å². The predicted molar refractivity (Wildman–Crippen MR) is 73.7 cm³/mol. The molecule has 0 aliphatic heterocycles. The summed E-state index contributed by atoms with van der Waals surface area (Å²) in [6.45, 7) is 1.60. The van der Waals surface area contributed by atoms with E-state index >= 15 is 0 Å². The van der Waals surface area contributed by atoms with Gasteiger partial charge in [0.15, 0.2) is 5.82 Å². The number of halogens is 2. The molecule has 1 aromatic heterocycles. The fourth-order valence-corrected chi connectivity index (χ4v) is 2.10. The number of nitrogen functional groups attached to an aromatic ring is 1. The molecule has 0 amide bonds. The molecule has 3 rings (SSSR count). The number of nitrogens with zero attached hydrogens (tertiary/aromatic N) is 4. The standard InChI is InChI=1S/C14H11F2N5/c1-8-5-10(17)7-12(13(8)16)14-18-19-20-21(14)11-4-2-3-9(15)6-11/h2-7H,17H2,1H3. The zero-order valence-electron chi connectivity index (χ0n) is 11.1. The van der Waals surface area contributed by atoms with Crippen molar-refractivity contribution in [3.8, 4) is 17.1 Å². The van der Waals surface area contributed by atoms with Crippen LogP contribution in [0.1, 0.15) is 5.56 Å². The number of benzene rings is 2. The minimum Gasteiger partial charge on any atom is -0.399 e. The number of nitrogens with two attached hydrogens (primary N) is 1. The molecule has 0 unspecified atom stereocenters. The van der Waals surface area contributed by atoms with E-state index in [0.29, 0.717) is 16.9 Å². The summed E-state index contributed by atoms with van der Waals surface area (Å²) in [6.07, 6.45) is 0. The fourth-order valence-electron chi connectivity index (χ4n) is 2.10. The van der Waals surface area contributed by atoms with Crippen molar-refractivity contribution >= 4 is 5.69 Å². The highest BCUT2D eigenvalue weighted by Crippen LogP contribution is 2.27. The molecule has 5 nitrogen and oxygen atoms in total. The van der Waals surface area contributed by atoms with Crippen molar-refractivity contribution in [2.24, 2.45) is 0 Å². The Morgan fingerprint density at radius 2 is 1.95 bits per heavy atom. The van der Waals surface area contributed by atoms with E-state index in [1.165, 1.54) is 35.0 Å². The van der Waals surface area contributed by atoms with Crippen molar-refractivity contribution in [3.05, 3.63) is 53.6 Å². The predicted octanol–water partition coefficient (Wildman–Crippen LogP) is 2.50. The highest BCUT2D eigenvalue weighted by atomic mass is 19.1. The largest absolute Gasteiger partial charge is 0.399 e. The van der Waals surface area contributed by atoms with Gasteiger partial charge >= 0.3 is 0 Å². The number of hydrogen-bond donors (Lipinski definition) is 1. The Morgan fingerprint density at radius 1 is 1.14 bits per heavy atom.